The predicted octanol–water partition coefficient (Wildman–Crippen LogP) is 1.09. The molecule has 2 aliphatic rings. The molecular weight excluding hydrogens is 432 g/mol. The highest BCUT2D eigenvalue weighted by molar-refractivity contribution is 6.16. The van der Waals surface area contributed by atoms with Crippen LogP contribution in [0.2, 0.25) is 0 Å². The molecule has 9 heteroatoms. The van der Waals surface area contributed by atoms with Gasteiger partial charge in [0.25, 0.3) is 0 Å². The normalized spacial score (nSPS) is 26.8. The van der Waals surface area contributed by atoms with Crippen LogP contribution in [-0.4, -0.2) is 68.0 Å². The number of hydrogen-bond acceptors (Lipinski definition) is 9. The van der Waals surface area contributed by atoms with Crippen molar-refractivity contribution in [2.45, 2.75) is 50.5 Å². The van der Waals surface area contributed by atoms with Crippen LogP contribution in [0.1, 0.15) is 46.8 Å². The van der Waals surface area contributed by atoms with Crippen LogP contribution in [0, 0.1) is 0 Å². The third kappa shape index (κ3) is 3.89. The van der Waals surface area contributed by atoms with E-state index in [1.54, 1.807) is 26.0 Å². The van der Waals surface area contributed by atoms with Crippen LogP contribution in [-0.2, 0) is 14.3 Å². The number of aromatic hydroxyl groups is 2. The lowest BCUT2D eigenvalue weighted by atomic mass is 9.72. The summed E-state index contributed by atoms with van der Waals surface area (Å²) < 4.78 is 10.7. The Hall–Kier alpha value is -3.24. The van der Waals surface area contributed by atoms with E-state index in [1.165, 1.54) is 30.3 Å². The second-order valence-electron chi connectivity index (χ2n) is 8.39. The van der Waals surface area contributed by atoms with Crippen molar-refractivity contribution in [3.05, 3.63) is 70.3 Å². The maximum atomic E-state index is 13.1. The summed E-state index contributed by atoms with van der Waals surface area (Å²) in [5.74, 6) is -3.01. The fourth-order valence-corrected chi connectivity index (χ4v) is 4.46. The summed E-state index contributed by atoms with van der Waals surface area (Å²) in [5, 5.41) is 52.9. The molecule has 0 amide bonds. The van der Waals surface area contributed by atoms with Crippen LogP contribution in [0.5, 0.6) is 11.5 Å². The summed E-state index contributed by atoms with van der Waals surface area (Å²) in [6.45, 7) is 3.33. The van der Waals surface area contributed by atoms with Crippen molar-refractivity contribution in [1.82, 2.24) is 0 Å². The summed E-state index contributed by atoms with van der Waals surface area (Å²) in [4.78, 5) is 25.1. The van der Waals surface area contributed by atoms with Gasteiger partial charge in [-0.25, -0.2) is 4.79 Å². The van der Waals surface area contributed by atoms with Crippen LogP contribution in [0.25, 0.3) is 0 Å². The third-order valence-corrected chi connectivity index (χ3v) is 5.86. The Labute approximate surface area is 189 Å². The van der Waals surface area contributed by atoms with Crippen molar-refractivity contribution in [2.24, 2.45) is 0 Å². The quantitative estimate of drug-likeness (QED) is 0.337. The van der Waals surface area contributed by atoms with Gasteiger partial charge in [-0.2, -0.15) is 0 Å². The van der Waals surface area contributed by atoms with Gasteiger partial charge in [0, 0.05) is 12.0 Å². The molecule has 5 unspecified atom stereocenters. The molecule has 5 atom stereocenters. The Morgan fingerprint density at radius 1 is 0.939 bits per heavy atom. The van der Waals surface area contributed by atoms with Crippen molar-refractivity contribution in [3.8, 4) is 11.5 Å². The number of fused-ring (bicyclic) bond motifs is 2. The van der Waals surface area contributed by atoms with E-state index in [1.807, 2.05) is 0 Å². The van der Waals surface area contributed by atoms with Gasteiger partial charge in [0.05, 0.1) is 11.1 Å². The SMILES string of the molecule is CC(C)=CC(=O)OC1C(O)OC(C2c3cccc(O)c3C(=O)c3c(O)cccc32)C(O)C1O. The number of rotatable bonds is 3. The van der Waals surface area contributed by atoms with E-state index in [2.05, 4.69) is 0 Å². The van der Waals surface area contributed by atoms with Gasteiger partial charge < -0.3 is 35.0 Å². The molecule has 0 aromatic heterocycles. The van der Waals surface area contributed by atoms with Crippen LogP contribution in [0.15, 0.2) is 48.0 Å². The van der Waals surface area contributed by atoms with E-state index >= 15 is 0 Å². The lowest BCUT2D eigenvalue weighted by Crippen LogP contribution is -2.60. The summed E-state index contributed by atoms with van der Waals surface area (Å²) >= 11 is 0. The number of ketones is 1. The topological polar surface area (TPSA) is 154 Å². The zero-order chi connectivity index (χ0) is 24.0. The van der Waals surface area contributed by atoms with Crippen molar-refractivity contribution in [1.29, 1.82) is 0 Å². The molecule has 4 rings (SSSR count). The minimum atomic E-state index is -1.79. The van der Waals surface area contributed by atoms with E-state index in [-0.39, 0.29) is 22.6 Å². The third-order valence-electron chi connectivity index (χ3n) is 5.86. The van der Waals surface area contributed by atoms with Gasteiger partial charge in [-0.15, -0.1) is 0 Å². The average Bonchev–Trinajstić information content (AvgIpc) is 2.74. The number of phenols is 2. The number of phenolic OH excluding ortho intramolecular Hbond substituents is 2. The van der Waals surface area contributed by atoms with Gasteiger partial charge in [-0.05, 0) is 37.1 Å². The highest BCUT2D eigenvalue weighted by Crippen LogP contribution is 2.47. The number of carbonyl (C=O) groups is 2. The second kappa shape index (κ2) is 8.60. The van der Waals surface area contributed by atoms with E-state index in [0.29, 0.717) is 16.7 Å². The minimum Gasteiger partial charge on any atom is -0.507 e. The van der Waals surface area contributed by atoms with Crippen molar-refractivity contribution in [3.63, 3.8) is 0 Å². The molecule has 1 aliphatic carbocycles. The van der Waals surface area contributed by atoms with Crippen LogP contribution < -0.4 is 0 Å². The van der Waals surface area contributed by atoms with Crippen LogP contribution >= 0.6 is 0 Å². The Morgan fingerprint density at radius 3 is 2.00 bits per heavy atom. The molecule has 33 heavy (non-hydrogen) atoms. The summed E-state index contributed by atoms with van der Waals surface area (Å²) in [7, 11) is 0. The van der Waals surface area contributed by atoms with E-state index in [0.717, 1.165) is 0 Å². The highest BCUT2D eigenvalue weighted by Gasteiger charge is 2.51. The number of aliphatic hydroxyl groups is 3. The Balaban J connectivity index is 1.76. The lowest BCUT2D eigenvalue weighted by Gasteiger charge is -2.44. The standard InChI is InChI=1S/C24H24O9/c1-10(2)9-15(27)32-23-21(30)20(29)22(33-24(23)31)16-11-5-3-7-13(25)17(11)19(28)18-12(16)6-4-8-14(18)26/h3-9,16,20-26,29-31H,1-2H3. The highest BCUT2D eigenvalue weighted by atomic mass is 16.7. The number of benzene rings is 2. The van der Waals surface area contributed by atoms with E-state index < -0.39 is 48.4 Å². The Bertz CT molecular complexity index is 1080. The Kier molecular flexibility index (Phi) is 5.98. The zero-order valence-electron chi connectivity index (χ0n) is 17.9. The summed E-state index contributed by atoms with van der Waals surface area (Å²) in [6.07, 6.45) is -6.85. The molecule has 9 nitrogen and oxygen atoms in total. The molecule has 1 aliphatic heterocycles. The van der Waals surface area contributed by atoms with E-state index in [4.69, 9.17) is 9.47 Å². The molecule has 1 heterocycles. The molecule has 0 bridgehead atoms. The lowest BCUT2D eigenvalue weighted by molar-refractivity contribution is -0.287. The number of esters is 1. The monoisotopic (exact) mass is 456 g/mol. The van der Waals surface area contributed by atoms with Gasteiger partial charge in [-0.1, -0.05) is 29.8 Å². The van der Waals surface area contributed by atoms with Gasteiger partial charge in [0.2, 0.25) is 5.78 Å². The first kappa shape index (κ1) is 22.9. The number of aliphatic hydroxyl groups excluding tert-OH is 3. The minimum absolute atomic E-state index is 0.0756. The average molecular weight is 456 g/mol. The predicted molar refractivity (Wildman–Crippen MR) is 114 cm³/mol. The molecule has 2 aromatic rings. The fourth-order valence-electron chi connectivity index (χ4n) is 4.46. The van der Waals surface area contributed by atoms with Gasteiger partial charge in [0.15, 0.2) is 12.4 Å². The van der Waals surface area contributed by atoms with Gasteiger partial charge in [-0.3, -0.25) is 4.79 Å². The van der Waals surface area contributed by atoms with Crippen molar-refractivity contribution in [2.75, 3.05) is 0 Å². The first-order valence-corrected chi connectivity index (χ1v) is 10.4. The number of hydrogen-bond donors (Lipinski definition) is 5. The van der Waals surface area contributed by atoms with Gasteiger partial charge in [0.1, 0.15) is 29.8 Å². The molecule has 0 saturated carbocycles. The molecule has 174 valence electrons. The van der Waals surface area contributed by atoms with Gasteiger partial charge >= 0.3 is 5.97 Å². The van der Waals surface area contributed by atoms with Crippen molar-refractivity contribution >= 4 is 11.8 Å². The summed E-state index contributed by atoms with van der Waals surface area (Å²) in [6, 6.07) is 8.77. The number of allylic oxidation sites excluding steroid dienone is 1. The number of ether oxygens (including phenoxy) is 2. The molecule has 2 aromatic carbocycles. The molecule has 1 saturated heterocycles. The molecule has 5 N–H and O–H groups in total. The Morgan fingerprint density at radius 2 is 1.48 bits per heavy atom. The second-order valence-corrected chi connectivity index (χ2v) is 8.39. The number of carbonyl (C=O) groups excluding carboxylic acids is 2. The maximum absolute atomic E-state index is 13.1. The first-order chi connectivity index (χ1) is 15.6. The molecule has 0 spiro atoms. The maximum Gasteiger partial charge on any atom is 0.331 e. The molecular formula is C24H24O9. The van der Waals surface area contributed by atoms with E-state index in [9.17, 15) is 35.1 Å². The van der Waals surface area contributed by atoms with Crippen LogP contribution in [0.3, 0.4) is 0 Å². The first-order valence-electron chi connectivity index (χ1n) is 10.4. The summed E-state index contributed by atoms with van der Waals surface area (Å²) in [5.41, 5.74) is 1.07. The van der Waals surface area contributed by atoms with Crippen molar-refractivity contribution < 1.29 is 44.6 Å². The molecule has 1 fully saturated rings. The van der Waals surface area contributed by atoms with Crippen LogP contribution in [0.4, 0.5) is 0 Å². The largest absolute Gasteiger partial charge is 0.507 e. The molecule has 0 radical (unpaired) electrons. The smallest absolute Gasteiger partial charge is 0.331 e. The fraction of sp³-hybridized carbons (Fsp3) is 0.333. The zero-order valence-corrected chi connectivity index (χ0v) is 17.9.